The van der Waals surface area contributed by atoms with Gasteiger partial charge in [0.25, 0.3) is 0 Å². The standard InChI is InChI=1S/C14H21Cl2NO/c1-3-7-17-14(10-18-8-4-2)12-9-11(15)5-6-13(12)16/h5-6,9,14,17H,3-4,7-8,10H2,1-2H3. The van der Waals surface area contributed by atoms with E-state index in [9.17, 15) is 0 Å². The molecule has 18 heavy (non-hydrogen) atoms. The van der Waals surface area contributed by atoms with Gasteiger partial charge in [-0.3, -0.25) is 0 Å². The normalized spacial score (nSPS) is 12.7. The minimum absolute atomic E-state index is 0.0997. The fourth-order valence-corrected chi connectivity index (χ4v) is 2.13. The van der Waals surface area contributed by atoms with E-state index < -0.39 is 0 Å². The molecule has 1 atom stereocenters. The van der Waals surface area contributed by atoms with Crippen molar-refractivity contribution >= 4 is 23.2 Å². The van der Waals surface area contributed by atoms with Gasteiger partial charge in [-0.2, -0.15) is 0 Å². The van der Waals surface area contributed by atoms with E-state index in [2.05, 4.69) is 19.2 Å². The highest BCUT2D eigenvalue weighted by Gasteiger charge is 2.14. The smallest absolute Gasteiger partial charge is 0.0662 e. The third-order valence-electron chi connectivity index (χ3n) is 2.61. The molecule has 1 N–H and O–H groups in total. The molecule has 0 saturated heterocycles. The van der Waals surface area contributed by atoms with Crippen molar-refractivity contribution in [2.24, 2.45) is 0 Å². The summed E-state index contributed by atoms with van der Waals surface area (Å²) in [4.78, 5) is 0. The van der Waals surface area contributed by atoms with Crippen molar-refractivity contribution in [3.63, 3.8) is 0 Å². The maximum absolute atomic E-state index is 6.23. The fraction of sp³-hybridized carbons (Fsp3) is 0.571. The van der Waals surface area contributed by atoms with E-state index in [4.69, 9.17) is 27.9 Å². The molecular formula is C14H21Cl2NO. The van der Waals surface area contributed by atoms with Gasteiger partial charge in [0, 0.05) is 16.7 Å². The van der Waals surface area contributed by atoms with Crippen LogP contribution >= 0.6 is 23.2 Å². The predicted octanol–water partition coefficient (Wildman–Crippen LogP) is 4.46. The highest BCUT2D eigenvalue weighted by Crippen LogP contribution is 2.26. The van der Waals surface area contributed by atoms with Gasteiger partial charge in [0.05, 0.1) is 12.6 Å². The minimum Gasteiger partial charge on any atom is -0.379 e. The Labute approximate surface area is 120 Å². The van der Waals surface area contributed by atoms with E-state index in [1.807, 2.05) is 12.1 Å². The molecule has 0 aromatic heterocycles. The average Bonchev–Trinajstić information content (AvgIpc) is 2.37. The number of ether oxygens (including phenoxy) is 1. The van der Waals surface area contributed by atoms with Crippen LogP contribution in [0.5, 0.6) is 0 Å². The van der Waals surface area contributed by atoms with Gasteiger partial charge in [0.2, 0.25) is 0 Å². The Morgan fingerprint density at radius 2 is 2.00 bits per heavy atom. The van der Waals surface area contributed by atoms with Crippen molar-refractivity contribution in [3.05, 3.63) is 33.8 Å². The first kappa shape index (κ1) is 15.8. The van der Waals surface area contributed by atoms with Crippen LogP contribution in [0.4, 0.5) is 0 Å². The second-order valence-electron chi connectivity index (χ2n) is 4.25. The van der Waals surface area contributed by atoms with Crippen LogP contribution in [-0.4, -0.2) is 19.8 Å². The molecule has 0 aliphatic heterocycles. The SMILES string of the molecule is CCCNC(COCCC)c1cc(Cl)ccc1Cl. The lowest BCUT2D eigenvalue weighted by atomic mass is 10.1. The van der Waals surface area contributed by atoms with E-state index in [0.29, 0.717) is 11.6 Å². The Morgan fingerprint density at radius 1 is 1.22 bits per heavy atom. The summed E-state index contributed by atoms with van der Waals surface area (Å²) in [5.74, 6) is 0. The van der Waals surface area contributed by atoms with Crippen LogP contribution in [0.1, 0.15) is 38.3 Å². The van der Waals surface area contributed by atoms with Gasteiger partial charge in [-0.05, 0) is 43.1 Å². The van der Waals surface area contributed by atoms with Crippen LogP contribution in [0, 0.1) is 0 Å². The molecule has 4 heteroatoms. The van der Waals surface area contributed by atoms with Crippen LogP contribution in [0.3, 0.4) is 0 Å². The zero-order chi connectivity index (χ0) is 13.4. The summed E-state index contributed by atoms with van der Waals surface area (Å²) < 4.78 is 5.63. The second-order valence-corrected chi connectivity index (χ2v) is 5.09. The molecule has 0 heterocycles. The van der Waals surface area contributed by atoms with E-state index in [1.54, 1.807) is 6.07 Å². The maximum Gasteiger partial charge on any atom is 0.0662 e. The van der Waals surface area contributed by atoms with E-state index >= 15 is 0 Å². The number of benzene rings is 1. The molecule has 1 aromatic carbocycles. The molecule has 0 spiro atoms. The molecule has 0 aliphatic carbocycles. The molecule has 1 unspecified atom stereocenters. The first-order valence-corrected chi connectivity index (χ1v) is 7.20. The Balaban J connectivity index is 2.75. The minimum atomic E-state index is 0.0997. The summed E-state index contributed by atoms with van der Waals surface area (Å²) in [5.41, 5.74) is 1.01. The quantitative estimate of drug-likeness (QED) is 0.714. The van der Waals surface area contributed by atoms with Gasteiger partial charge in [-0.1, -0.05) is 37.0 Å². The summed E-state index contributed by atoms with van der Waals surface area (Å²) in [5, 5.41) is 4.88. The van der Waals surface area contributed by atoms with Gasteiger partial charge in [-0.15, -0.1) is 0 Å². The number of nitrogens with one attached hydrogen (secondary N) is 1. The molecule has 1 aromatic rings. The van der Waals surface area contributed by atoms with Gasteiger partial charge in [0.1, 0.15) is 0 Å². The van der Waals surface area contributed by atoms with Crippen LogP contribution in [0.2, 0.25) is 10.0 Å². The lowest BCUT2D eigenvalue weighted by Gasteiger charge is -2.20. The summed E-state index contributed by atoms with van der Waals surface area (Å²) >= 11 is 12.3. The second kappa shape index (κ2) is 8.76. The zero-order valence-corrected chi connectivity index (χ0v) is 12.5. The molecule has 2 nitrogen and oxygen atoms in total. The summed E-state index contributed by atoms with van der Waals surface area (Å²) in [7, 11) is 0. The van der Waals surface area contributed by atoms with Crippen molar-refractivity contribution in [2.75, 3.05) is 19.8 Å². The largest absolute Gasteiger partial charge is 0.379 e. The van der Waals surface area contributed by atoms with Gasteiger partial charge in [0.15, 0.2) is 0 Å². The van der Waals surface area contributed by atoms with E-state index in [-0.39, 0.29) is 6.04 Å². The summed E-state index contributed by atoms with van der Waals surface area (Å²) in [6.07, 6.45) is 2.09. The monoisotopic (exact) mass is 289 g/mol. The molecule has 0 radical (unpaired) electrons. The Bertz CT molecular complexity index is 358. The van der Waals surface area contributed by atoms with E-state index in [1.165, 1.54) is 0 Å². The third kappa shape index (κ3) is 5.15. The van der Waals surface area contributed by atoms with Crippen LogP contribution in [-0.2, 0) is 4.74 Å². The zero-order valence-electron chi connectivity index (χ0n) is 11.0. The average molecular weight is 290 g/mol. The third-order valence-corrected chi connectivity index (χ3v) is 3.19. The van der Waals surface area contributed by atoms with Crippen molar-refractivity contribution < 1.29 is 4.74 Å². The first-order chi connectivity index (χ1) is 8.69. The Hall–Kier alpha value is -0.280. The predicted molar refractivity (Wildman–Crippen MR) is 78.6 cm³/mol. The molecular weight excluding hydrogens is 269 g/mol. The van der Waals surface area contributed by atoms with Gasteiger partial charge >= 0.3 is 0 Å². The lowest BCUT2D eigenvalue weighted by molar-refractivity contribution is 0.112. The van der Waals surface area contributed by atoms with Gasteiger partial charge in [-0.25, -0.2) is 0 Å². The molecule has 0 saturated carbocycles. The summed E-state index contributed by atoms with van der Waals surface area (Å²) in [6, 6.07) is 5.64. The van der Waals surface area contributed by atoms with Crippen LogP contribution < -0.4 is 5.32 Å². The maximum atomic E-state index is 6.23. The van der Waals surface area contributed by atoms with Gasteiger partial charge < -0.3 is 10.1 Å². The Morgan fingerprint density at radius 3 is 2.67 bits per heavy atom. The number of rotatable bonds is 8. The highest BCUT2D eigenvalue weighted by molar-refractivity contribution is 6.33. The molecule has 0 aliphatic rings. The molecule has 1 rings (SSSR count). The first-order valence-electron chi connectivity index (χ1n) is 6.45. The number of hydrogen-bond acceptors (Lipinski definition) is 2. The molecule has 0 amide bonds. The van der Waals surface area contributed by atoms with Crippen molar-refractivity contribution in [2.45, 2.75) is 32.7 Å². The lowest BCUT2D eigenvalue weighted by Crippen LogP contribution is -2.26. The highest BCUT2D eigenvalue weighted by atomic mass is 35.5. The van der Waals surface area contributed by atoms with E-state index in [0.717, 1.165) is 36.6 Å². The Kier molecular flexibility index (Phi) is 7.68. The van der Waals surface area contributed by atoms with Crippen molar-refractivity contribution in [1.82, 2.24) is 5.32 Å². The topological polar surface area (TPSA) is 21.3 Å². The van der Waals surface area contributed by atoms with Crippen molar-refractivity contribution in [1.29, 1.82) is 0 Å². The van der Waals surface area contributed by atoms with Crippen molar-refractivity contribution in [3.8, 4) is 0 Å². The molecule has 102 valence electrons. The molecule has 0 bridgehead atoms. The molecule has 0 fully saturated rings. The summed E-state index contributed by atoms with van der Waals surface area (Å²) in [6.45, 7) is 6.55. The number of hydrogen-bond donors (Lipinski definition) is 1. The fourth-order valence-electron chi connectivity index (χ4n) is 1.70. The van der Waals surface area contributed by atoms with Crippen LogP contribution in [0.15, 0.2) is 18.2 Å². The van der Waals surface area contributed by atoms with Crippen LogP contribution in [0.25, 0.3) is 0 Å². The number of halogens is 2.